The van der Waals surface area contributed by atoms with Gasteiger partial charge in [-0.05, 0) is 74.7 Å². The number of fused-ring (bicyclic) bond motifs is 1. The van der Waals surface area contributed by atoms with Crippen molar-refractivity contribution in [3.63, 3.8) is 0 Å². The minimum Gasteiger partial charge on any atom is -0.495 e. The summed E-state index contributed by atoms with van der Waals surface area (Å²) >= 11 is 0. The highest BCUT2D eigenvalue weighted by Gasteiger charge is 2.27. The molecular weight excluding hydrogens is 438 g/mol. The van der Waals surface area contributed by atoms with Crippen LogP contribution in [0.2, 0.25) is 0 Å². The number of carbonyl (C=O) groups is 1. The molecule has 0 saturated carbocycles. The third kappa shape index (κ3) is 4.56. The van der Waals surface area contributed by atoms with Crippen LogP contribution in [0.15, 0.2) is 71.5 Å². The molecule has 0 fully saturated rings. The highest BCUT2D eigenvalue weighted by molar-refractivity contribution is 5.94. The van der Waals surface area contributed by atoms with Crippen molar-refractivity contribution >= 4 is 16.8 Å². The summed E-state index contributed by atoms with van der Waals surface area (Å²) in [5, 5.41) is 0.511. The molecule has 6 heteroatoms. The number of hydrogen-bond acceptors (Lipinski definition) is 4. The van der Waals surface area contributed by atoms with Crippen LogP contribution in [0.1, 0.15) is 54.1 Å². The van der Waals surface area contributed by atoms with E-state index in [0.717, 1.165) is 12.0 Å². The fourth-order valence-corrected chi connectivity index (χ4v) is 4.42. The molecule has 0 N–H and O–H groups in total. The summed E-state index contributed by atoms with van der Waals surface area (Å²) in [5.41, 5.74) is 3.77. The SMILES string of the molecule is CCc1ccc(C(=O)N(CC)C(C)c2nc3ccccc3c(=O)n2-c2cc(C)ccc2OC)cc1. The van der Waals surface area contributed by atoms with Crippen LogP contribution in [-0.4, -0.2) is 34.0 Å². The Bertz CT molecular complexity index is 1420. The molecule has 4 aromatic rings. The highest BCUT2D eigenvalue weighted by atomic mass is 16.5. The topological polar surface area (TPSA) is 64.4 Å². The van der Waals surface area contributed by atoms with Crippen molar-refractivity contribution < 1.29 is 9.53 Å². The van der Waals surface area contributed by atoms with E-state index in [0.29, 0.717) is 40.3 Å². The number of rotatable bonds is 7. The Balaban J connectivity index is 1.91. The first kappa shape index (κ1) is 24.2. The molecule has 4 rings (SSSR count). The Kier molecular flexibility index (Phi) is 7.01. The van der Waals surface area contributed by atoms with Gasteiger partial charge in [0, 0.05) is 12.1 Å². The quantitative estimate of drug-likeness (QED) is 0.359. The lowest BCUT2D eigenvalue weighted by Gasteiger charge is -2.30. The van der Waals surface area contributed by atoms with Gasteiger partial charge in [-0.1, -0.05) is 37.3 Å². The predicted octanol–water partition coefficient (Wildman–Crippen LogP) is 5.49. The summed E-state index contributed by atoms with van der Waals surface area (Å²) in [7, 11) is 1.58. The number of aryl methyl sites for hydroxylation is 2. The maximum atomic E-state index is 13.8. The molecule has 0 spiro atoms. The molecule has 0 aliphatic carbocycles. The first-order valence-electron chi connectivity index (χ1n) is 12.0. The van der Waals surface area contributed by atoms with Crippen LogP contribution in [0.5, 0.6) is 5.75 Å². The lowest BCUT2D eigenvalue weighted by molar-refractivity contribution is 0.0693. The van der Waals surface area contributed by atoms with E-state index in [-0.39, 0.29) is 11.5 Å². The van der Waals surface area contributed by atoms with Gasteiger partial charge in [0.1, 0.15) is 11.6 Å². The second-order valence-corrected chi connectivity index (χ2v) is 8.62. The zero-order chi connectivity index (χ0) is 25.1. The highest BCUT2D eigenvalue weighted by Crippen LogP contribution is 2.29. The van der Waals surface area contributed by atoms with Crippen LogP contribution >= 0.6 is 0 Å². The third-order valence-corrected chi connectivity index (χ3v) is 6.43. The lowest BCUT2D eigenvalue weighted by atomic mass is 10.1. The van der Waals surface area contributed by atoms with Crippen LogP contribution in [0, 0.1) is 6.92 Å². The molecule has 35 heavy (non-hydrogen) atoms. The zero-order valence-electron chi connectivity index (χ0n) is 20.9. The van der Waals surface area contributed by atoms with Crippen molar-refractivity contribution in [1.82, 2.24) is 14.5 Å². The molecule has 180 valence electrons. The standard InChI is InChI=1S/C29H31N3O3/c1-6-21-13-15-22(16-14-21)28(33)31(7-2)20(4)27-30-24-11-9-8-10-23(24)29(34)32(27)25-18-19(3)12-17-26(25)35-5/h8-18,20H,6-7H2,1-5H3. The number of aromatic nitrogens is 2. The average Bonchev–Trinajstić information content (AvgIpc) is 2.89. The molecule has 0 aliphatic rings. The van der Waals surface area contributed by atoms with E-state index in [9.17, 15) is 9.59 Å². The van der Waals surface area contributed by atoms with Crippen molar-refractivity contribution in [2.24, 2.45) is 0 Å². The second-order valence-electron chi connectivity index (χ2n) is 8.62. The summed E-state index contributed by atoms with van der Waals surface area (Å²) in [4.78, 5) is 34.0. The fourth-order valence-electron chi connectivity index (χ4n) is 4.42. The number of hydrogen-bond donors (Lipinski definition) is 0. The molecule has 0 saturated heterocycles. The molecule has 6 nitrogen and oxygen atoms in total. The van der Waals surface area contributed by atoms with Gasteiger partial charge in [-0.2, -0.15) is 0 Å². The average molecular weight is 470 g/mol. The molecule has 1 amide bonds. The lowest BCUT2D eigenvalue weighted by Crippen LogP contribution is -2.37. The van der Waals surface area contributed by atoms with Crippen molar-refractivity contribution in [1.29, 1.82) is 0 Å². The van der Waals surface area contributed by atoms with Crippen LogP contribution in [-0.2, 0) is 6.42 Å². The van der Waals surface area contributed by atoms with Crippen molar-refractivity contribution in [3.8, 4) is 11.4 Å². The number of para-hydroxylation sites is 1. The van der Waals surface area contributed by atoms with Gasteiger partial charge in [0.2, 0.25) is 0 Å². The number of nitrogens with zero attached hydrogens (tertiary/aromatic N) is 3. The van der Waals surface area contributed by atoms with E-state index in [4.69, 9.17) is 9.72 Å². The summed E-state index contributed by atoms with van der Waals surface area (Å²) in [6, 6.07) is 20.2. The number of benzene rings is 3. The number of carbonyl (C=O) groups excluding carboxylic acids is 1. The van der Waals surface area contributed by atoms with Gasteiger partial charge in [0.15, 0.2) is 0 Å². The predicted molar refractivity (Wildman–Crippen MR) is 140 cm³/mol. The number of amides is 1. The maximum absolute atomic E-state index is 13.8. The molecule has 1 unspecified atom stereocenters. The van der Waals surface area contributed by atoms with E-state index in [1.54, 1.807) is 22.6 Å². The second kappa shape index (κ2) is 10.1. The van der Waals surface area contributed by atoms with Gasteiger partial charge in [0.25, 0.3) is 11.5 Å². The summed E-state index contributed by atoms with van der Waals surface area (Å²) < 4.78 is 7.21. The Labute approximate surface area is 205 Å². The molecule has 1 atom stereocenters. The van der Waals surface area contributed by atoms with Gasteiger partial charge in [-0.3, -0.25) is 14.2 Å². The van der Waals surface area contributed by atoms with E-state index in [2.05, 4.69) is 6.92 Å². The van der Waals surface area contributed by atoms with Crippen molar-refractivity contribution in [2.75, 3.05) is 13.7 Å². The fraction of sp³-hybridized carbons (Fsp3) is 0.276. The van der Waals surface area contributed by atoms with Crippen molar-refractivity contribution in [2.45, 2.75) is 40.2 Å². The summed E-state index contributed by atoms with van der Waals surface area (Å²) in [6.07, 6.45) is 0.911. The van der Waals surface area contributed by atoms with Crippen LogP contribution in [0.3, 0.4) is 0 Å². The smallest absolute Gasteiger partial charge is 0.266 e. The molecule has 0 radical (unpaired) electrons. The van der Waals surface area contributed by atoms with Gasteiger partial charge >= 0.3 is 0 Å². The molecule has 0 aliphatic heterocycles. The Morgan fingerprint density at radius 1 is 1.06 bits per heavy atom. The molecule has 3 aromatic carbocycles. The summed E-state index contributed by atoms with van der Waals surface area (Å²) in [5.74, 6) is 0.943. The van der Waals surface area contributed by atoms with Crippen molar-refractivity contribution in [3.05, 3.63) is 99.6 Å². The first-order valence-corrected chi connectivity index (χ1v) is 12.0. The molecule has 0 bridgehead atoms. The van der Waals surface area contributed by atoms with Gasteiger partial charge < -0.3 is 9.64 Å². The monoisotopic (exact) mass is 469 g/mol. The molecule has 1 heterocycles. The maximum Gasteiger partial charge on any atom is 0.266 e. The van der Waals surface area contributed by atoms with Gasteiger partial charge in [-0.15, -0.1) is 0 Å². The molecule has 1 aromatic heterocycles. The Hall–Kier alpha value is -3.93. The van der Waals surface area contributed by atoms with Crippen LogP contribution in [0.25, 0.3) is 16.6 Å². The third-order valence-electron chi connectivity index (χ3n) is 6.43. The number of methoxy groups -OCH3 is 1. The van der Waals surface area contributed by atoms with Crippen LogP contribution < -0.4 is 10.3 Å². The minimum absolute atomic E-state index is 0.104. The zero-order valence-corrected chi connectivity index (χ0v) is 20.9. The normalized spacial score (nSPS) is 11.9. The van der Waals surface area contributed by atoms with Gasteiger partial charge in [0.05, 0.1) is 29.7 Å². The van der Waals surface area contributed by atoms with Gasteiger partial charge in [-0.25, -0.2) is 4.98 Å². The largest absolute Gasteiger partial charge is 0.495 e. The first-order chi connectivity index (χ1) is 16.9. The van der Waals surface area contributed by atoms with E-state index in [1.807, 2.05) is 81.4 Å². The number of ether oxygens (including phenoxy) is 1. The van der Waals surface area contributed by atoms with E-state index in [1.165, 1.54) is 5.56 Å². The Morgan fingerprint density at radius 3 is 2.43 bits per heavy atom. The van der Waals surface area contributed by atoms with Crippen LogP contribution in [0.4, 0.5) is 0 Å². The van der Waals surface area contributed by atoms with E-state index < -0.39 is 6.04 Å². The van der Waals surface area contributed by atoms with E-state index >= 15 is 0 Å². The summed E-state index contributed by atoms with van der Waals surface area (Å²) in [6.45, 7) is 8.36. The minimum atomic E-state index is -0.471. The molecular formula is C29H31N3O3. The Morgan fingerprint density at radius 2 is 1.77 bits per heavy atom.